The summed E-state index contributed by atoms with van der Waals surface area (Å²) in [5, 5.41) is 4.11. The van der Waals surface area contributed by atoms with Crippen molar-refractivity contribution in [2.45, 2.75) is 20.8 Å². The first-order chi connectivity index (χ1) is 5.70. The fourth-order valence-corrected chi connectivity index (χ4v) is 1.44. The second-order valence-electron chi connectivity index (χ2n) is 2.85. The molecule has 2 heterocycles. The van der Waals surface area contributed by atoms with Gasteiger partial charge in [0.15, 0.2) is 0 Å². The normalized spacial score (nSPS) is 10.9. The van der Waals surface area contributed by atoms with Crippen LogP contribution in [0, 0.1) is 20.8 Å². The summed E-state index contributed by atoms with van der Waals surface area (Å²) in [4.78, 5) is 8.42. The molecule has 0 N–H and O–H groups in total. The quantitative estimate of drug-likeness (QED) is 0.581. The first kappa shape index (κ1) is 7.21. The Morgan fingerprint density at radius 2 is 1.92 bits per heavy atom. The highest BCUT2D eigenvalue weighted by molar-refractivity contribution is 5.54. The van der Waals surface area contributed by atoms with E-state index in [1.54, 1.807) is 6.33 Å². The Labute approximate surface area is 70.3 Å². The van der Waals surface area contributed by atoms with Gasteiger partial charge in [-0.25, -0.2) is 14.5 Å². The van der Waals surface area contributed by atoms with Gasteiger partial charge in [-0.1, -0.05) is 0 Å². The van der Waals surface area contributed by atoms with E-state index in [2.05, 4.69) is 15.1 Å². The fourth-order valence-electron chi connectivity index (χ4n) is 1.44. The van der Waals surface area contributed by atoms with Crippen LogP contribution in [0.25, 0.3) is 5.52 Å². The van der Waals surface area contributed by atoms with Gasteiger partial charge in [0.05, 0.1) is 11.4 Å². The number of aryl methyl sites for hydroxylation is 3. The van der Waals surface area contributed by atoms with Gasteiger partial charge in [0.1, 0.15) is 17.7 Å². The zero-order valence-electron chi connectivity index (χ0n) is 7.37. The zero-order valence-corrected chi connectivity index (χ0v) is 7.37. The van der Waals surface area contributed by atoms with Crippen molar-refractivity contribution in [2.75, 3.05) is 0 Å². The van der Waals surface area contributed by atoms with Gasteiger partial charge in [-0.15, -0.1) is 0 Å². The van der Waals surface area contributed by atoms with Crippen LogP contribution in [-0.4, -0.2) is 19.6 Å². The van der Waals surface area contributed by atoms with Crippen molar-refractivity contribution in [2.24, 2.45) is 0 Å². The smallest absolute Gasteiger partial charge is 0.136 e. The van der Waals surface area contributed by atoms with E-state index in [4.69, 9.17) is 0 Å². The van der Waals surface area contributed by atoms with Crippen molar-refractivity contribution in [3.63, 3.8) is 0 Å². The van der Waals surface area contributed by atoms with Crippen LogP contribution in [-0.2, 0) is 0 Å². The molecule has 0 spiro atoms. The maximum absolute atomic E-state index is 4.31. The standard InChI is InChI=1S/C8H10N4/c1-5-8-6(2)11-7(3)12(8)10-4-9-5/h4H,1-3H3. The van der Waals surface area contributed by atoms with E-state index in [0.717, 1.165) is 22.7 Å². The molecule has 0 saturated heterocycles. The zero-order chi connectivity index (χ0) is 8.72. The Balaban J connectivity index is 2.99. The summed E-state index contributed by atoms with van der Waals surface area (Å²) in [5.41, 5.74) is 2.99. The highest BCUT2D eigenvalue weighted by atomic mass is 15.3. The number of rotatable bonds is 0. The number of hydrogen-bond donors (Lipinski definition) is 0. The maximum atomic E-state index is 4.31. The van der Waals surface area contributed by atoms with E-state index in [1.165, 1.54) is 0 Å². The van der Waals surface area contributed by atoms with Crippen molar-refractivity contribution in [1.82, 2.24) is 19.6 Å². The highest BCUT2D eigenvalue weighted by Gasteiger charge is 2.07. The maximum Gasteiger partial charge on any atom is 0.136 e. The van der Waals surface area contributed by atoms with E-state index < -0.39 is 0 Å². The molecule has 4 nitrogen and oxygen atoms in total. The summed E-state index contributed by atoms with van der Waals surface area (Å²) in [6.45, 7) is 5.87. The summed E-state index contributed by atoms with van der Waals surface area (Å²) >= 11 is 0. The molecule has 0 atom stereocenters. The molecule has 0 aliphatic carbocycles. The largest absolute Gasteiger partial charge is 0.238 e. The molecular weight excluding hydrogens is 152 g/mol. The van der Waals surface area contributed by atoms with Crippen LogP contribution in [0.2, 0.25) is 0 Å². The topological polar surface area (TPSA) is 43.1 Å². The van der Waals surface area contributed by atoms with Crippen LogP contribution < -0.4 is 0 Å². The molecule has 0 fully saturated rings. The van der Waals surface area contributed by atoms with Gasteiger partial charge < -0.3 is 0 Å². The molecule has 2 rings (SSSR count). The lowest BCUT2D eigenvalue weighted by Gasteiger charge is -1.96. The van der Waals surface area contributed by atoms with E-state index in [9.17, 15) is 0 Å². The molecule has 2 aromatic heterocycles. The molecule has 4 heteroatoms. The van der Waals surface area contributed by atoms with Crippen molar-refractivity contribution in [1.29, 1.82) is 0 Å². The summed E-state index contributed by atoms with van der Waals surface area (Å²) in [5.74, 6) is 0.910. The Bertz CT molecular complexity index is 430. The Hall–Kier alpha value is -1.45. The Morgan fingerprint density at radius 1 is 1.17 bits per heavy atom. The third kappa shape index (κ3) is 0.809. The third-order valence-corrected chi connectivity index (χ3v) is 1.95. The minimum absolute atomic E-state index is 0.910. The molecule has 62 valence electrons. The molecule has 0 bridgehead atoms. The third-order valence-electron chi connectivity index (χ3n) is 1.95. The lowest BCUT2D eigenvalue weighted by Crippen LogP contribution is -1.97. The minimum Gasteiger partial charge on any atom is -0.238 e. The van der Waals surface area contributed by atoms with Crippen molar-refractivity contribution in [3.8, 4) is 0 Å². The summed E-state index contributed by atoms with van der Waals surface area (Å²) in [6, 6.07) is 0. The Morgan fingerprint density at radius 3 is 2.58 bits per heavy atom. The van der Waals surface area contributed by atoms with Gasteiger partial charge in [-0.3, -0.25) is 0 Å². The van der Waals surface area contributed by atoms with Crippen LogP contribution in [0.5, 0.6) is 0 Å². The van der Waals surface area contributed by atoms with Gasteiger partial charge in [0.25, 0.3) is 0 Å². The van der Waals surface area contributed by atoms with Gasteiger partial charge in [0.2, 0.25) is 0 Å². The number of hydrogen-bond acceptors (Lipinski definition) is 3. The second-order valence-corrected chi connectivity index (χ2v) is 2.85. The van der Waals surface area contributed by atoms with Crippen molar-refractivity contribution in [3.05, 3.63) is 23.5 Å². The number of fused-ring (bicyclic) bond motifs is 1. The van der Waals surface area contributed by atoms with E-state index in [0.29, 0.717) is 0 Å². The van der Waals surface area contributed by atoms with E-state index in [1.807, 2.05) is 25.3 Å². The molecular formula is C8H10N4. The SMILES string of the molecule is Cc1ncnn2c(C)nc(C)c12. The summed E-state index contributed by atoms with van der Waals surface area (Å²) in [7, 11) is 0. The lowest BCUT2D eigenvalue weighted by molar-refractivity contribution is 0.841. The van der Waals surface area contributed by atoms with Crippen LogP contribution in [0.4, 0.5) is 0 Å². The van der Waals surface area contributed by atoms with Gasteiger partial charge in [0, 0.05) is 0 Å². The average Bonchev–Trinajstić information content (AvgIpc) is 2.29. The first-order valence-electron chi connectivity index (χ1n) is 3.83. The highest BCUT2D eigenvalue weighted by Crippen LogP contribution is 2.11. The Kier molecular flexibility index (Phi) is 1.36. The molecule has 0 aliphatic rings. The molecule has 0 unspecified atom stereocenters. The molecule has 0 radical (unpaired) electrons. The van der Waals surface area contributed by atoms with Crippen LogP contribution in [0.1, 0.15) is 17.2 Å². The molecule has 12 heavy (non-hydrogen) atoms. The molecule has 0 amide bonds. The average molecular weight is 162 g/mol. The first-order valence-corrected chi connectivity index (χ1v) is 3.83. The lowest BCUT2D eigenvalue weighted by atomic mass is 10.3. The number of imidazole rings is 1. The molecule has 2 aromatic rings. The van der Waals surface area contributed by atoms with Crippen LogP contribution >= 0.6 is 0 Å². The minimum atomic E-state index is 0.910. The monoisotopic (exact) mass is 162 g/mol. The van der Waals surface area contributed by atoms with Crippen LogP contribution in [0.3, 0.4) is 0 Å². The van der Waals surface area contributed by atoms with Crippen molar-refractivity contribution < 1.29 is 0 Å². The predicted octanol–water partition coefficient (Wildman–Crippen LogP) is 1.05. The summed E-state index contributed by atoms with van der Waals surface area (Å²) in [6.07, 6.45) is 1.55. The number of aromatic nitrogens is 4. The van der Waals surface area contributed by atoms with Gasteiger partial charge in [-0.05, 0) is 20.8 Å². The van der Waals surface area contributed by atoms with Gasteiger partial charge >= 0.3 is 0 Å². The predicted molar refractivity (Wildman–Crippen MR) is 45.0 cm³/mol. The fraction of sp³-hybridized carbons (Fsp3) is 0.375. The van der Waals surface area contributed by atoms with Gasteiger partial charge in [-0.2, -0.15) is 5.10 Å². The second kappa shape index (κ2) is 2.27. The van der Waals surface area contributed by atoms with E-state index >= 15 is 0 Å². The van der Waals surface area contributed by atoms with E-state index in [-0.39, 0.29) is 0 Å². The summed E-state index contributed by atoms with van der Waals surface area (Å²) < 4.78 is 1.82. The van der Waals surface area contributed by atoms with Crippen molar-refractivity contribution >= 4 is 5.52 Å². The molecule has 0 aliphatic heterocycles. The molecule has 0 saturated carbocycles. The molecule has 0 aromatic carbocycles. The van der Waals surface area contributed by atoms with Crippen LogP contribution in [0.15, 0.2) is 6.33 Å². The number of nitrogens with zero attached hydrogens (tertiary/aromatic N) is 4.